The minimum atomic E-state index is -0.988. The Hall–Kier alpha value is 0.500. The van der Waals surface area contributed by atoms with Crippen LogP contribution < -0.4 is 0 Å². The van der Waals surface area contributed by atoms with Gasteiger partial charge in [-0.3, -0.25) is 4.79 Å². The number of Topliss-reactive ketones (excluding diaryl/α,β-unsaturated/α-hetero) is 1. The van der Waals surface area contributed by atoms with Gasteiger partial charge < -0.3 is 4.74 Å². The average molecular weight is 232 g/mol. The number of carbonyl (C=O) groups is 1. The maximum atomic E-state index is 11.3. The number of ketones is 1. The van der Waals surface area contributed by atoms with E-state index >= 15 is 0 Å². The van der Waals surface area contributed by atoms with Gasteiger partial charge in [-0.1, -0.05) is 34.8 Å². The first-order chi connectivity index (χ1) is 5.63. The fraction of sp³-hybridized carbons (Fsp3) is 0.857. The molecule has 2 atom stereocenters. The molecule has 1 aliphatic rings. The molecule has 2 nitrogen and oxygen atoms in total. The Kier molecular flexibility index (Phi) is 4.11. The van der Waals surface area contributed by atoms with Crippen molar-refractivity contribution in [2.75, 3.05) is 6.61 Å². The molecule has 12 heavy (non-hydrogen) atoms. The van der Waals surface area contributed by atoms with Crippen LogP contribution in [-0.2, 0) is 9.53 Å². The molecule has 0 bridgehead atoms. The molecule has 0 aromatic rings. The summed E-state index contributed by atoms with van der Waals surface area (Å²) in [7, 11) is 0. The number of alkyl halides is 3. The second-order valence-electron chi connectivity index (χ2n) is 2.67. The number of carbonyl (C=O) groups excluding carboxylic acids is 1. The molecule has 0 radical (unpaired) electrons. The van der Waals surface area contributed by atoms with Crippen molar-refractivity contribution in [1.29, 1.82) is 0 Å². The van der Waals surface area contributed by atoms with Crippen LogP contribution in [-0.4, -0.2) is 22.8 Å². The molecule has 0 spiro atoms. The molecule has 2 unspecified atom stereocenters. The summed E-state index contributed by atoms with van der Waals surface area (Å²) in [6.45, 7) is 0.604. The van der Waals surface area contributed by atoms with Crippen molar-refractivity contribution in [2.45, 2.75) is 23.2 Å². The van der Waals surface area contributed by atoms with E-state index in [0.29, 0.717) is 13.0 Å². The van der Waals surface area contributed by atoms with Gasteiger partial charge in [-0.05, 0) is 12.8 Å². The highest BCUT2D eigenvalue weighted by Gasteiger charge is 2.33. The predicted molar refractivity (Wildman–Crippen MR) is 48.8 cm³/mol. The fourth-order valence-electron chi connectivity index (χ4n) is 1.18. The highest BCUT2D eigenvalue weighted by Crippen LogP contribution is 2.27. The van der Waals surface area contributed by atoms with Crippen LogP contribution in [0.1, 0.15) is 12.8 Å². The third kappa shape index (κ3) is 2.49. The molecule has 70 valence electrons. The molecule has 0 amide bonds. The summed E-state index contributed by atoms with van der Waals surface area (Å²) >= 11 is 16.6. The quantitative estimate of drug-likeness (QED) is 0.682. The van der Waals surface area contributed by atoms with Crippen LogP contribution in [0.3, 0.4) is 0 Å². The van der Waals surface area contributed by atoms with Crippen LogP contribution in [0.25, 0.3) is 0 Å². The van der Waals surface area contributed by atoms with Crippen LogP contribution in [0.4, 0.5) is 0 Å². The van der Waals surface area contributed by atoms with Gasteiger partial charge in [0.25, 0.3) is 0 Å². The summed E-state index contributed by atoms with van der Waals surface area (Å²) in [6, 6.07) is 0. The second kappa shape index (κ2) is 4.66. The molecule has 1 fully saturated rings. The minimum absolute atomic E-state index is 0.238. The Balaban J connectivity index is 2.53. The normalized spacial score (nSPS) is 30.7. The molecule has 0 N–H and O–H groups in total. The summed E-state index contributed by atoms with van der Waals surface area (Å²) < 4.78 is 5.09. The first-order valence-corrected chi connectivity index (χ1v) is 5.01. The van der Waals surface area contributed by atoms with Crippen LogP contribution in [0.5, 0.6) is 0 Å². The van der Waals surface area contributed by atoms with Gasteiger partial charge in [0.05, 0.1) is 5.92 Å². The van der Waals surface area contributed by atoms with Crippen LogP contribution in [0, 0.1) is 5.92 Å². The lowest BCUT2D eigenvalue weighted by Crippen LogP contribution is -2.34. The van der Waals surface area contributed by atoms with Gasteiger partial charge in [-0.25, -0.2) is 0 Å². The van der Waals surface area contributed by atoms with E-state index in [1.165, 1.54) is 0 Å². The number of halogens is 3. The third-order valence-corrected chi connectivity index (χ3v) is 2.69. The number of hydrogen-bond acceptors (Lipinski definition) is 2. The molecule has 0 aromatic heterocycles. The van der Waals surface area contributed by atoms with E-state index in [4.69, 9.17) is 39.5 Å². The lowest BCUT2D eigenvalue weighted by atomic mass is 9.98. The smallest absolute Gasteiger partial charge is 0.172 e. The molecular formula is C7H9Cl3O2. The summed E-state index contributed by atoms with van der Waals surface area (Å²) in [5.41, 5.74) is -0.564. The van der Waals surface area contributed by atoms with E-state index < -0.39 is 10.4 Å². The van der Waals surface area contributed by atoms with Crippen LogP contribution in [0.15, 0.2) is 0 Å². The van der Waals surface area contributed by atoms with Crippen molar-refractivity contribution < 1.29 is 9.53 Å². The maximum absolute atomic E-state index is 11.3. The fourth-order valence-corrected chi connectivity index (χ4v) is 1.84. The van der Waals surface area contributed by atoms with Crippen molar-refractivity contribution in [2.24, 2.45) is 5.92 Å². The predicted octanol–water partition coefficient (Wildman–Crippen LogP) is 2.35. The minimum Gasteiger partial charge on any atom is -0.362 e. The highest BCUT2D eigenvalue weighted by molar-refractivity contribution is 6.54. The van der Waals surface area contributed by atoms with E-state index in [2.05, 4.69) is 0 Å². The Morgan fingerprint density at radius 2 is 2.17 bits per heavy atom. The molecule has 5 heteroatoms. The zero-order chi connectivity index (χ0) is 9.14. The standard InChI is InChI=1S/C7H9Cl3O2/c8-6(9)5(11)4-2-1-3-12-7(4)10/h4,6-7H,1-3H2. The van der Waals surface area contributed by atoms with Gasteiger partial charge >= 0.3 is 0 Å². The van der Waals surface area contributed by atoms with E-state index in [0.717, 1.165) is 6.42 Å². The Bertz CT molecular complexity index is 172. The summed E-state index contributed by atoms with van der Waals surface area (Å²) in [5.74, 6) is -0.585. The van der Waals surface area contributed by atoms with Crippen LogP contribution in [0.2, 0.25) is 0 Å². The Morgan fingerprint density at radius 1 is 1.50 bits per heavy atom. The zero-order valence-electron chi connectivity index (χ0n) is 6.30. The molecule has 1 rings (SSSR count). The molecule has 0 aliphatic carbocycles. The second-order valence-corrected chi connectivity index (χ2v) is 4.20. The largest absolute Gasteiger partial charge is 0.362 e. The van der Waals surface area contributed by atoms with E-state index in [1.807, 2.05) is 0 Å². The van der Waals surface area contributed by atoms with Crippen LogP contribution >= 0.6 is 34.8 Å². The highest BCUT2D eigenvalue weighted by atomic mass is 35.5. The third-order valence-electron chi connectivity index (χ3n) is 1.83. The average Bonchev–Trinajstić information content (AvgIpc) is 2.04. The molecular weight excluding hydrogens is 222 g/mol. The first kappa shape index (κ1) is 10.6. The van der Waals surface area contributed by atoms with Gasteiger partial charge in [-0.15, -0.1) is 0 Å². The SMILES string of the molecule is O=C(C(Cl)Cl)C1CCCOC1Cl. The Morgan fingerprint density at radius 3 is 2.67 bits per heavy atom. The van der Waals surface area contributed by atoms with Gasteiger partial charge in [-0.2, -0.15) is 0 Å². The van der Waals surface area contributed by atoms with E-state index in [9.17, 15) is 4.79 Å². The number of hydrogen-bond donors (Lipinski definition) is 0. The van der Waals surface area contributed by atoms with Gasteiger partial charge in [0, 0.05) is 6.61 Å². The van der Waals surface area contributed by atoms with Crippen molar-refractivity contribution >= 4 is 40.6 Å². The number of ether oxygens (including phenoxy) is 1. The lowest BCUT2D eigenvalue weighted by Gasteiger charge is -2.26. The van der Waals surface area contributed by atoms with Gasteiger partial charge in [0.1, 0.15) is 5.56 Å². The summed E-state index contributed by atoms with van der Waals surface area (Å²) in [5, 5.41) is 0. The van der Waals surface area contributed by atoms with Crippen molar-refractivity contribution in [3.63, 3.8) is 0 Å². The summed E-state index contributed by atoms with van der Waals surface area (Å²) in [4.78, 5) is 10.3. The molecule has 1 heterocycles. The monoisotopic (exact) mass is 230 g/mol. The maximum Gasteiger partial charge on any atom is 0.172 e. The van der Waals surface area contributed by atoms with E-state index in [1.54, 1.807) is 0 Å². The van der Waals surface area contributed by atoms with E-state index in [-0.39, 0.29) is 11.7 Å². The molecule has 1 aliphatic heterocycles. The zero-order valence-corrected chi connectivity index (χ0v) is 8.57. The van der Waals surface area contributed by atoms with Crippen molar-refractivity contribution in [3.05, 3.63) is 0 Å². The van der Waals surface area contributed by atoms with Gasteiger partial charge in [0.15, 0.2) is 10.6 Å². The summed E-state index contributed by atoms with van der Waals surface area (Å²) in [6.07, 6.45) is 1.54. The van der Waals surface area contributed by atoms with Gasteiger partial charge in [0.2, 0.25) is 0 Å². The topological polar surface area (TPSA) is 26.3 Å². The Labute approximate surface area is 86.1 Å². The molecule has 0 aromatic carbocycles. The first-order valence-electron chi connectivity index (χ1n) is 3.70. The van der Waals surface area contributed by atoms with Crippen molar-refractivity contribution in [3.8, 4) is 0 Å². The molecule has 0 saturated carbocycles. The lowest BCUT2D eigenvalue weighted by molar-refractivity contribution is -0.126. The number of rotatable bonds is 2. The molecule has 1 saturated heterocycles. The van der Waals surface area contributed by atoms with Crippen molar-refractivity contribution in [1.82, 2.24) is 0 Å².